The van der Waals surface area contributed by atoms with Gasteiger partial charge in [0.2, 0.25) is 0 Å². The van der Waals surface area contributed by atoms with Gasteiger partial charge in [0, 0.05) is 20.2 Å². The van der Waals surface area contributed by atoms with Crippen molar-refractivity contribution in [1.29, 1.82) is 0 Å². The molecule has 5 nitrogen and oxygen atoms in total. The van der Waals surface area contributed by atoms with Crippen LogP contribution in [0.15, 0.2) is 36.4 Å². The van der Waals surface area contributed by atoms with Crippen molar-refractivity contribution in [2.75, 3.05) is 19.4 Å². The molecule has 1 aromatic carbocycles. The number of urea groups is 1. The molecule has 2 aromatic rings. The van der Waals surface area contributed by atoms with E-state index in [1.807, 2.05) is 30.3 Å². The lowest BCUT2D eigenvalue weighted by Crippen LogP contribution is -2.27. The number of benzene rings is 1. The number of hydrogen-bond acceptors (Lipinski definition) is 2. The Kier molecular flexibility index (Phi) is 3.09. The van der Waals surface area contributed by atoms with Gasteiger partial charge in [-0.15, -0.1) is 0 Å². The molecule has 0 unspecified atom stereocenters. The molecule has 0 saturated carbocycles. The Morgan fingerprint density at radius 3 is 2.65 bits per heavy atom. The Balaban J connectivity index is 2.14. The molecule has 0 fully saturated rings. The second-order valence-electron chi connectivity index (χ2n) is 3.86. The van der Waals surface area contributed by atoms with E-state index in [0.717, 1.165) is 11.3 Å². The van der Waals surface area contributed by atoms with Crippen LogP contribution in [0.5, 0.6) is 0 Å². The van der Waals surface area contributed by atoms with Crippen LogP contribution in [0.3, 0.4) is 0 Å². The number of H-pyrrole nitrogens is 1. The smallest absolute Gasteiger partial charge is 0.322 e. The molecule has 0 saturated heterocycles. The van der Waals surface area contributed by atoms with Gasteiger partial charge in [-0.2, -0.15) is 5.10 Å². The van der Waals surface area contributed by atoms with Gasteiger partial charge in [0.15, 0.2) is 5.82 Å². The van der Waals surface area contributed by atoms with E-state index in [2.05, 4.69) is 15.5 Å². The summed E-state index contributed by atoms with van der Waals surface area (Å²) in [5, 5.41) is 9.59. The topological polar surface area (TPSA) is 61.0 Å². The molecule has 0 atom stereocenters. The third kappa shape index (κ3) is 2.63. The van der Waals surface area contributed by atoms with Gasteiger partial charge in [0.25, 0.3) is 0 Å². The van der Waals surface area contributed by atoms with Gasteiger partial charge in [-0.05, 0) is 5.56 Å². The van der Waals surface area contributed by atoms with Gasteiger partial charge in [0.1, 0.15) is 0 Å². The van der Waals surface area contributed by atoms with E-state index in [-0.39, 0.29) is 6.03 Å². The fraction of sp³-hybridized carbons (Fsp3) is 0.167. The predicted octanol–water partition coefficient (Wildman–Crippen LogP) is 2.17. The van der Waals surface area contributed by atoms with Crippen LogP contribution < -0.4 is 5.32 Å². The maximum Gasteiger partial charge on any atom is 0.322 e. The second kappa shape index (κ2) is 4.69. The van der Waals surface area contributed by atoms with Gasteiger partial charge in [-0.3, -0.25) is 10.4 Å². The fourth-order valence-corrected chi connectivity index (χ4v) is 1.37. The molecule has 88 valence electrons. The summed E-state index contributed by atoms with van der Waals surface area (Å²) in [7, 11) is 3.36. The zero-order chi connectivity index (χ0) is 12.3. The van der Waals surface area contributed by atoms with Crippen molar-refractivity contribution in [2.24, 2.45) is 0 Å². The Labute approximate surface area is 99.5 Å². The van der Waals surface area contributed by atoms with Gasteiger partial charge in [0.05, 0.1) is 5.69 Å². The van der Waals surface area contributed by atoms with Crippen molar-refractivity contribution >= 4 is 11.8 Å². The first-order valence-electron chi connectivity index (χ1n) is 5.26. The number of hydrogen-bond donors (Lipinski definition) is 2. The van der Waals surface area contributed by atoms with E-state index in [0.29, 0.717) is 5.82 Å². The van der Waals surface area contributed by atoms with E-state index in [9.17, 15) is 4.79 Å². The number of amides is 2. The number of anilines is 1. The van der Waals surface area contributed by atoms with Crippen LogP contribution in [-0.2, 0) is 0 Å². The Bertz CT molecular complexity index is 504. The lowest BCUT2D eigenvalue weighted by molar-refractivity contribution is 0.230. The van der Waals surface area contributed by atoms with Crippen molar-refractivity contribution in [3.63, 3.8) is 0 Å². The number of carbonyl (C=O) groups is 1. The minimum absolute atomic E-state index is 0.198. The average Bonchev–Trinajstić information content (AvgIpc) is 2.78. The highest BCUT2D eigenvalue weighted by Crippen LogP contribution is 2.18. The predicted molar refractivity (Wildman–Crippen MR) is 66.7 cm³/mol. The Morgan fingerprint density at radius 1 is 1.29 bits per heavy atom. The minimum Gasteiger partial charge on any atom is -0.331 e. The lowest BCUT2D eigenvalue weighted by Gasteiger charge is -2.09. The summed E-state index contributed by atoms with van der Waals surface area (Å²) in [6, 6.07) is 11.4. The molecule has 1 aromatic heterocycles. The zero-order valence-corrected chi connectivity index (χ0v) is 9.77. The standard InChI is InChI=1S/C12H14N4O/c1-16(2)12(17)13-11-8-10(14-15-11)9-6-4-3-5-7-9/h3-8H,1-2H3,(H2,13,14,15,17). The quantitative estimate of drug-likeness (QED) is 0.830. The molecule has 0 spiro atoms. The van der Waals surface area contributed by atoms with Crippen molar-refractivity contribution in [2.45, 2.75) is 0 Å². The summed E-state index contributed by atoms with van der Waals surface area (Å²) in [5.74, 6) is 0.516. The van der Waals surface area contributed by atoms with Gasteiger partial charge >= 0.3 is 6.03 Å². The minimum atomic E-state index is -0.198. The average molecular weight is 230 g/mol. The van der Waals surface area contributed by atoms with Crippen molar-refractivity contribution < 1.29 is 4.79 Å². The number of nitrogens with one attached hydrogen (secondary N) is 2. The highest BCUT2D eigenvalue weighted by Gasteiger charge is 2.07. The molecule has 0 bridgehead atoms. The molecular formula is C12H14N4O. The molecular weight excluding hydrogens is 216 g/mol. The monoisotopic (exact) mass is 230 g/mol. The first-order valence-corrected chi connectivity index (χ1v) is 5.26. The van der Waals surface area contributed by atoms with Crippen LogP contribution in [0.2, 0.25) is 0 Å². The second-order valence-corrected chi connectivity index (χ2v) is 3.86. The summed E-state index contributed by atoms with van der Waals surface area (Å²) < 4.78 is 0. The van der Waals surface area contributed by atoms with Crippen LogP contribution in [0.4, 0.5) is 10.6 Å². The molecule has 2 amide bonds. The maximum absolute atomic E-state index is 11.4. The summed E-state index contributed by atoms with van der Waals surface area (Å²) in [6.45, 7) is 0. The van der Waals surface area contributed by atoms with Crippen molar-refractivity contribution in [3.05, 3.63) is 36.4 Å². The highest BCUT2D eigenvalue weighted by atomic mass is 16.2. The van der Waals surface area contributed by atoms with E-state index in [1.54, 1.807) is 20.2 Å². The maximum atomic E-state index is 11.4. The van der Waals surface area contributed by atoms with E-state index in [1.165, 1.54) is 4.90 Å². The fourth-order valence-electron chi connectivity index (χ4n) is 1.37. The molecule has 1 heterocycles. The summed E-state index contributed by atoms with van der Waals surface area (Å²) >= 11 is 0. The largest absolute Gasteiger partial charge is 0.331 e. The van der Waals surface area contributed by atoms with Gasteiger partial charge < -0.3 is 4.90 Å². The number of aromatic nitrogens is 2. The van der Waals surface area contributed by atoms with Crippen LogP contribution in [0.25, 0.3) is 11.3 Å². The van der Waals surface area contributed by atoms with Gasteiger partial charge in [-0.1, -0.05) is 30.3 Å². The molecule has 2 N–H and O–H groups in total. The lowest BCUT2D eigenvalue weighted by atomic mass is 10.2. The number of rotatable bonds is 2. The summed E-state index contributed by atoms with van der Waals surface area (Å²) in [4.78, 5) is 12.9. The molecule has 5 heteroatoms. The molecule has 17 heavy (non-hydrogen) atoms. The van der Waals surface area contributed by atoms with E-state index in [4.69, 9.17) is 0 Å². The Hall–Kier alpha value is -2.30. The van der Waals surface area contributed by atoms with Crippen LogP contribution in [0.1, 0.15) is 0 Å². The molecule has 0 aliphatic rings. The summed E-state index contributed by atoms with van der Waals surface area (Å²) in [6.07, 6.45) is 0. The van der Waals surface area contributed by atoms with Crippen molar-refractivity contribution in [1.82, 2.24) is 15.1 Å². The van der Waals surface area contributed by atoms with E-state index >= 15 is 0 Å². The highest BCUT2D eigenvalue weighted by molar-refractivity contribution is 5.88. The number of nitrogens with zero attached hydrogens (tertiary/aromatic N) is 2. The molecule has 0 aliphatic heterocycles. The molecule has 2 rings (SSSR count). The SMILES string of the molecule is CN(C)C(=O)Nc1cc(-c2ccccc2)[nH]n1. The number of carbonyl (C=O) groups excluding carboxylic acids is 1. The Morgan fingerprint density at radius 2 is 2.00 bits per heavy atom. The zero-order valence-electron chi connectivity index (χ0n) is 9.77. The van der Waals surface area contributed by atoms with Crippen LogP contribution >= 0.6 is 0 Å². The first-order chi connectivity index (χ1) is 8.16. The van der Waals surface area contributed by atoms with E-state index < -0.39 is 0 Å². The molecule has 0 aliphatic carbocycles. The third-order valence-corrected chi connectivity index (χ3v) is 2.30. The number of aromatic amines is 1. The van der Waals surface area contributed by atoms with Crippen molar-refractivity contribution in [3.8, 4) is 11.3 Å². The van der Waals surface area contributed by atoms with Crippen LogP contribution in [-0.4, -0.2) is 35.2 Å². The first kappa shape index (κ1) is 11.2. The molecule has 0 radical (unpaired) electrons. The third-order valence-electron chi connectivity index (χ3n) is 2.30. The van der Waals surface area contributed by atoms with Crippen LogP contribution in [0, 0.1) is 0 Å². The summed E-state index contributed by atoms with van der Waals surface area (Å²) in [5.41, 5.74) is 1.91. The van der Waals surface area contributed by atoms with Gasteiger partial charge in [-0.25, -0.2) is 4.79 Å². The normalized spacial score (nSPS) is 10.0.